The summed E-state index contributed by atoms with van der Waals surface area (Å²) < 4.78 is 50.4. The van der Waals surface area contributed by atoms with Crippen molar-refractivity contribution in [3.05, 3.63) is 29.8 Å². The smallest absolute Gasteiger partial charge is 0.207 e. The molecular formula is C9H7F2NO2S. The van der Waals surface area contributed by atoms with Crippen molar-refractivity contribution < 1.29 is 17.2 Å². The quantitative estimate of drug-likeness (QED) is 0.785. The second kappa shape index (κ2) is 4.38. The Bertz CT molecular complexity index is 505. The van der Waals surface area contributed by atoms with Crippen LogP contribution in [0.25, 0.3) is 0 Å². The first-order valence-electron chi connectivity index (χ1n) is 3.85. The first-order valence-corrected chi connectivity index (χ1v) is 5.34. The molecule has 0 aliphatic heterocycles. The largest absolute Gasteiger partial charge is 0.244 e. The molecule has 0 heterocycles. The van der Waals surface area contributed by atoms with Crippen molar-refractivity contribution in [2.45, 2.75) is 4.90 Å². The predicted molar refractivity (Wildman–Crippen MR) is 50.4 cm³/mol. The molecule has 0 bridgehead atoms. The molecule has 0 aliphatic carbocycles. The van der Waals surface area contributed by atoms with Gasteiger partial charge in [-0.2, -0.15) is 4.72 Å². The molecule has 0 aromatic heterocycles. The topological polar surface area (TPSA) is 46.2 Å². The maximum Gasteiger partial charge on any atom is 0.244 e. The number of hydrogen-bond acceptors (Lipinski definition) is 2. The van der Waals surface area contributed by atoms with Gasteiger partial charge in [0.2, 0.25) is 10.0 Å². The van der Waals surface area contributed by atoms with Gasteiger partial charge in [-0.25, -0.2) is 17.2 Å². The molecule has 0 unspecified atom stereocenters. The molecule has 3 nitrogen and oxygen atoms in total. The van der Waals surface area contributed by atoms with Gasteiger partial charge in [0, 0.05) is 0 Å². The molecule has 0 amide bonds. The molecule has 15 heavy (non-hydrogen) atoms. The molecular weight excluding hydrogens is 224 g/mol. The highest BCUT2D eigenvalue weighted by Crippen LogP contribution is 2.15. The number of nitrogens with one attached hydrogen (secondary N) is 1. The second-order valence-electron chi connectivity index (χ2n) is 2.60. The van der Waals surface area contributed by atoms with Crippen LogP contribution in [0, 0.1) is 24.0 Å². The zero-order valence-electron chi connectivity index (χ0n) is 7.50. The van der Waals surface area contributed by atoms with E-state index >= 15 is 0 Å². The van der Waals surface area contributed by atoms with Crippen LogP contribution >= 0.6 is 0 Å². The van der Waals surface area contributed by atoms with Crippen LogP contribution in [0.4, 0.5) is 8.78 Å². The van der Waals surface area contributed by atoms with Crippen LogP contribution in [0.15, 0.2) is 23.1 Å². The monoisotopic (exact) mass is 231 g/mol. The van der Waals surface area contributed by atoms with Gasteiger partial charge in [-0.3, -0.25) is 0 Å². The van der Waals surface area contributed by atoms with E-state index in [9.17, 15) is 17.2 Å². The Morgan fingerprint density at radius 3 is 2.67 bits per heavy atom. The number of sulfonamides is 1. The van der Waals surface area contributed by atoms with Gasteiger partial charge in [-0.15, -0.1) is 6.42 Å². The minimum absolute atomic E-state index is 0.279. The molecule has 0 spiro atoms. The number of terminal acetylenes is 1. The van der Waals surface area contributed by atoms with E-state index in [1.54, 1.807) is 0 Å². The van der Waals surface area contributed by atoms with Gasteiger partial charge < -0.3 is 0 Å². The normalized spacial score (nSPS) is 11.0. The third-order valence-electron chi connectivity index (χ3n) is 1.55. The highest BCUT2D eigenvalue weighted by molar-refractivity contribution is 7.89. The zero-order chi connectivity index (χ0) is 11.5. The lowest BCUT2D eigenvalue weighted by Gasteiger charge is -2.04. The SMILES string of the molecule is C#CCNS(=O)(=O)c1cc(F)ccc1F. The van der Waals surface area contributed by atoms with Gasteiger partial charge >= 0.3 is 0 Å². The summed E-state index contributed by atoms with van der Waals surface area (Å²) in [5, 5.41) is 0. The molecule has 1 aromatic carbocycles. The zero-order valence-corrected chi connectivity index (χ0v) is 8.31. The molecule has 1 rings (SSSR count). The minimum atomic E-state index is -4.08. The maximum atomic E-state index is 13.1. The molecule has 1 aromatic rings. The molecule has 0 saturated heterocycles. The van der Waals surface area contributed by atoms with Crippen LogP contribution < -0.4 is 4.72 Å². The summed E-state index contributed by atoms with van der Waals surface area (Å²) in [6, 6.07) is 2.16. The van der Waals surface area contributed by atoms with Crippen molar-refractivity contribution in [1.82, 2.24) is 4.72 Å². The summed E-state index contributed by atoms with van der Waals surface area (Å²) in [4.78, 5) is -0.752. The van der Waals surface area contributed by atoms with E-state index in [2.05, 4.69) is 0 Å². The van der Waals surface area contributed by atoms with Gasteiger partial charge in [-0.05, 0) is 18.2 Å². The van der Waals surface area contributed by atoms with Crippen LogP contribution in [-0.4, -0.2) is 15.0 Å². The standard InChI is InChI=1S/C9H7F2NO2S/c1-2-5-12-15(13,14)9-6-7(10)3-4-8(9)11/h1,3-4,6,12H,5H2. The van der Waals surface area contributed by atoms with Crippen molar-refractivity contribution in [3.63, 3.8) is 0 Å². The Balaban J connectivity index is 3.16. The van der Waals surface area contributed by atoms with Crippen molar-refractivity contribution in [2.24, 2.45) is 0 Å². The van der Waals surface area contributed by atoms with Gasteiger partial charge in [0.05, 0.1) is 6.54 Å². The summed E-state index contributed by atoms with van der Waals surface area (Å²) in [5.41, 5.74) is 0. The van der Waals surface area contributed by atoms with Crippen LogP contribution in [0.5, 0.6) is 0 Å². The lowest BCUT2D eigenvalue weighted by atomic mass is 10.3. The first-order chi connectivity index (χ1) is 6.97. The van der Waals surface area contributed by atoms with Gasteiger partial charge in [0.1, 0.15) is 16.5 Å². The van der Waals surface area contributed by atoms with Crippen LogP contribution in [-0.2, 0) is 10.0 Å². The molecule has 80 valence electrons. The number of hydrogen-bond donors (Lipinski definition) is 1. The molecule has 0 saturated carbocycles. The van der Waals surface area contributed by atoms with Crippen molar-refractivity contribution in [3.8, 4) is 12.3 Å². The molecule has 1 N–H and O–H groups in total. The molecule has 6 heteroatoms. The highest BCUT2D eigenvalue weighted by atomic mass is 32.2. The molecule has 0 radical (unpaired) electrons. The summed E-state index contributed by atoms with van der Waals surface area (Å²) >= 11 is 0. The van der Waals surface area contributed by atoms with E-state index in [-0.39, 0.29) is 6.54 Å². The molecule has 0 atom stereocenters. The fourth-order valence-electron chi connectivity index (χ4n) is 0.898. The Morgan fingerprint density at radius 1 is 1.40 bits per heavy atom. The Hall–Kier alpha value is -1.45. The van der Waals surface area contributed by atoms with Crippen molar-refractivity contribution >= 4 is 10.0 Å². The third kappa shape index (κ3) is 2.75. The van der Waals surface area contributed by atoms with E-state index in [0.29, 0.717) is 6.07 Å². The Morgan fingerprint density at radius 2 is 2.07 bits per heavy atom. The van der Waals surface area contributed by atoms with Crippen molar-refractivity contribution in [1.29, 1.82) is 0 Å². The van der Waals surface area contributed by atoms with Gasteiger partial charge in [-0.1, -0.05) is 5.92 Å². The first kappa shape index (κ1) is 11.6. The van der Waals surface area contributed by atoms with Crippen LogP contribution in [0.3, 0.4) is 0 Å². The third-order valence-corrected chi connectivity index (χ3v) is 2.96. The maximum absolute atomic E-state index is 13.1. The fraction of sp³-hybridized carbons (Fsp3) is 0.111. The predicted octanol–water partition coefficient (Wildman–Crippen LogP) is 0.876. The van der Waals surface area contributed by atoms with Crippen LogP contribution in [0.1, 0.15) is 0 Å². The number of rotatable bonds is 3. The fourth-order valence-corrected chi connectivity index (χ4v) is 1.92. The van der Waals surface area contributed by atoms with Gasteiger partial charge in [0.25, 0.3) is 0 Å². The number of halogens is 2. The Labute approximate surface area is 86.2 Å². The average molecular weight is 231 g/mol. The number of benzene rings is 1. The lowest BCUT2D eigenvalue weighted by molar-refractivity contribution is 0.548. The summed E-state index contributed by atoms with van der Waals surface area (Å²) in [7, 11) is -4.08. The molecule has 0 aliphatic rings. The summed E-state index contributed by atoms with van der Waals surface area (Å²) in [6.07, 6.45) is 4.84. The van der Waals surface area contributed by atoms with E-state index in [4.69, 9.17) is 6.42 Å². The van der Waals surface area contributed by atoms with Crippen LogP contribution in [0.2, 0.25) is 0 Å². The average Bonchev–Trinajstić information content (AvgIpc) is 2.18. The summed E-state index contributed by atoms with van der Waals surface area (Å²) in [5.74, 6) is 0.159. The highest BCUT2D eigenvalue weighted by Gasteiger charge is 2.18. The summed E-state index contributed by atoms with van der Waals surface area (Å²) in [6.45, 7) is -0.279. The van der Waals surface area contributed by atoms with E-state index in [1.807, 2.05) is 10.6 Å². The Kier molecular flexibility index (Phi) is 3.39. The minimum Gasteiger partial charge on any atom is -0.207 e. The van der Waals surface area contributed by atoms with Crippen molar-refractivity contribution in [2.75, 3.05) is 6.54 Å². The second-order valence-corrected chi connectivity index (χ2v) is 4.34. The molecule has 0 fully saturated rings. The van der Waals surface area contributed by atoms with Gasteiger partial charge in [0.15, 0.2) is 0 Å². The van der Waals surface area contributed by atoms with E-state index in [1.165, 1.54) is 0 Å². The van der Waals surface area contributed by atoms with E-state index < -0.39 is 26.6 Å². The lowest BCUT2D eigenvalue weighted by Crippen LogP contribution is -2.25. The van der Waals surface area contributed by atoms with E-state index in [0.717, 1.165) is 12.1 Å².